The molecule has 164 valence electrons. The van der Waals surface area contributed by atoms with E-state index in [1.165, 1.54) is 24.5 Å². The number of likely N-dealkylation sites (tertiary alicyclic amines) is 1. The minimum absolute atomic E-state index is 0.0161. The SMILES string of the molecule is Oc1ccc2c3c1O[C@H]1c4[nH]c5c(F)cccc5c4C[C@@]4(O)C(C2)N(CC2CC2)CC[C@]314. The fraction of sp³-hybridized carbons (Fsp3) is 0.462. The maximum Gasteiger partial charge on any atom is 0.166 e. The number of benzene rings is 2. The summed E-state index contributed by atoms with van der Waals surface area (Å²) in [5.74, 6) is 1.08. The van der Waals surface area contributed by atoms with Crippen LogP contribution in [0.3, 0.4) is 0 Å². The molecule has 1 aromatic heterocycles. The molecule has 3 aromatic rings. The molecule has 3 N–H and O–H groups in total. The lowest BCUT2D eigenvalue weighted by Crippen LogP contribution is -2.74. The summed E-state index contributed by atoms with van der Waals surface area (Å²) >= 11 is 0. The van der Waals surface area contributed by atoms with Gasteiger partial charge in [-0.1, -0.05) is 18.2 Å². The van der Waals surface area contributed by atoms with Gasteiger partial charge in [0.25, 0.3) is 0 Å². The van der Waals surface area contributed by atoms with Crippen LogP contribution in [0.5, 0.6) is 11.5 Å². The van der Waals surface area contributed by atoms with Gasteiger partial charge in [-0.15, -0.1) is 0 Å². The zero-order valence-corrected chi connectivity index (χ0v) is 17.7. The number of hydrogen-bond donors (Lipinski definition) is 3. The topological polar surface area (TPSA) is 68.7 Å². The zero-order chi connectivity index (χ0) is 21.4. The fourth-order valence-electron chi connectivity index (χ4n) is 7.61. The number of phenols is 1. The van der Waals surface area contributed by atoms with Crippen LogP contribution in [0.25, 0.3) is 10.9 Å². The van der Waals surface area contributed by atoms with Crippen LogP contribution in [-0.2, 0) is 18.3 Å². The first-order chi connectivity index (χ1) is 15.5. The quantitative estimate of drug-likeness (QED) is 0.578. The van der Waals surface area contributed by atoms with Crippen LogP contribution in [0.2, 0.25) is 0 Å². The average Bonchev–Trinajstić information content (AvgIpc) is 3.40. The van der Waals surface area contributed by atoms with Gasteiger partial charge in [-0.25, -0.2) is 4.39 Å². The van der Waals surface area contributed by atoms with Crippen molar-refractivity contribution in [3.8, 4) is 11.5 Å². The average molecular weight is 432 g/mol. The summed E-state index contributed by atoms with van der Waals surface area (Å²) in [5.41, 5.74) is 2.77. The number of piperidine rings is 1. The largest absolute Gasteiger partial charge is 0.504 e. The van der Waals surface area contributed by atoms with Gasteiger partial charge in [0.05, 0.1) is 22.2 Å². The van der Waals surface area contributed by atoms with E-state index in [9.17, 15) is 14.6 Å². The van der Waals surface area contributed by atoms with Crippen LogP contribution in [0, 0.1) is 11.7 Å². The number of rotatable bonds is 2. The highest BCUT2D eigenvalue weighted by atomic mass is 19.1. The van der Waals surface area contributed by atoms with Crippen molar-refractivity contribution in [2.45, 2.75) is 55.3 Å². The lowest BCUT2D eigenvalue weighted by atomic mass is 9.49. The molecule has 0 radical (unpaired) electrons. The summed E-state index contributed by atoms with van der Waals surface area (Å²) in [4.78, 5) is 5.84. The Morgan fingerprint density at radius 3 is 2.94 bits per heavy atom. The van der Waals surface area contributed by atoms with Crippen LogP contribution in [-0.4, -0.2) is 44.8 Å². The van der Waals surface area contributed by atoms with Gasteiger partial charge in [-0.3, -0.25) is 4.90 Å². The molecule has 4 atom stereocenters. The lowest BCUT2D eigenvalue weighted by molar-refractivity contribution is -0.173. The third-order valence-corrected chi connectivity index (χ3v) is 9.15. The second-order valence-electron chi connectivity index (χ2n) is 10.6. The van der Waals surface area contributed by atoms with Gasteiger partial charge in [0, 0.05) is 30.0 Å². The Labute approximate surface area is 184 Å². The van der Waals surface area contributed by atoms with Gasteiger partial charge in [0.15, 0.2) is 17.6 Å². The zero-order valence-electron chi connectivity index (χ0n) is 17.7. The number of H-pyrrole nitrogens is 1. The number of phenolic OH excluding ortho intramolecular Hbond substituents is 1. The Morgan fingerprint density at radius 1 is 1.22 bits per heavy atom. The Kier molecular flexibility index (Phi) is 3.07. The van der Waals surface area contributed by atoms with E-state index in [1.807, 2.05) is 12.1 Å². The van der Waals surface area contributed by atoms with Crippen LogP contribution in [0.15, 0.2) is 30.3 Å². The number of aliphatic hydroxyl groups is 1. The summed E-state index contributed by atoms with van der Waals surface area (Å²) in [6.07, 6.45) is 4.06. The van der Waals surface area contributed by atoms with Crippen molar-refractivity contribution in [2.24, 2.45) is 5.92 Å². The lowest BCUT2D eigenvalue weighted by Gasteiger charge is -2.62. The number of aromatic amines is 1. The van der Waals surface area contributed by atoms with Crippen molar-refractivity contribution in [1.29, 1.82) is 0 Å². The van der Waals surface area contributed by atoms with Crippen molar-refractivity contribution in [1.82, 2.24) is 9.88 Å². The predicted molar refractivity (Wildman–Crippen MR) is 116 cm³/mol. The molecule has 1 saturated carbocycles. The highest BCUT2D eigenvalue weighted by Crippen LogP contribution is 2.69. The van der Waals surface area contributed by atoms with E-state index in [1.54, 1.807) is 12.1 Å². The molecule has 2 bridgehead atoms. The van der Waals surface area contributed by atoms with Crippen LogP contribution < -0.4 is 4.74 Å². The van der Waals surface area contributed by atoms with Crippen LogP contribution in [0.1, 0.15) is 47.8 Å². The minimum atomic E-state index is -1.04. The molecule has 3 aliphatic carbocycles. The van der Waals surface area contributed by atoms with Gasteiger partial charge >= 0.3 is 0 Å². The molecule has 1 spiro atoms. The molecule has 2 fully saturated rings. The van der Waals surface area contributed by atoms with Crippen molar-refractivity contribution < 1.29 is 19.3 Å². The summed E-state index contributed by atoms with van der Waals surface area (Å²) in [6, 6.07) is 8.84. The Hall–Kier alpha value is -2.57. The summed E-state index contributed by atoms with van der Waals surface area (Å²) < 4.78 is 21.2. The maximum absolute atomic E-state index is 14.7. The molecule has 5 nitrogen and oxygen atoms in total. The van der Waals surface area contributed by atoms with E-state index in [0.717, 1.165) is 54.1 Å². The summed E-state index contributed by atoms with van der Waals surface area (Å²) in [6.45, 7) is 1.94. The first-order valence-corrected chi connectivity index (χ1v) is 11.8. The molecule has 2 aromatic carbocycles. The van der Waals surface area contributed by atoms with Crippen molar-refractivity contribution in [2.75, 3.05) is 13.1 Å². The van der Waals surface area contributed by atoms with Gasteiger partial charge in [0.2, 0.25) is 0 Å². The van der Waals surface area contributed by atoms with Crippen molar-refractivity contribution in [3.05, 3.63) is 58.5 Å². The Balaban J connectivity index is 1.43. The van der Waals surface area contributed by atoms with Gasteiger partial charge < -0.3 is 19.9 Å². The highest BCUT2D eigenvalue weighted by Gasteiger charge is 2.72. The van der Waals surface area contributed by atoms with Gasteiger partial charge in [-0.2, -0.15) is 0 Å². The number of nitrogens with one attached hydrogen (secondary N) is 1. The maximum atomic E-state index is 14.7. The van der Waals surface area contributed by atoms with Gasteiger partial charge in [0.1, 0.15) is 5.82 Å². The predicted octanol–water partition coefficient (Wildman–Crippen LogP) is 3.71. The first kappa shape index (κ1) is 17.9. The van der Waals surface area contributed by atoms with E-state index in [2.05, 4.69) is 9.88 Å². The first-order valence-electron chi connectivity index (χ1n) is 11.8. The van der Waals surface area contributed by atoms with E-state index < -0.39 is 17.1 Å². The van der Waals surface area contributed by atoms with E-state index in [4.69, 9.17) is 4.74 Å². The number of hydrogen-bond acceptors (Lipinski definition) is 4. The molecule has 5 aliphatic rings. The second-order valence-corrected chi connectivity index (χ2v) is 10.6. The summed E-state index contributed by atoms with van der Waals surface area (Å²) in [5, 5.41) is 24.2. The Morgan fingerprint density at radius 2 is 2.09 bits per heavy atom. The molecule has 1 saturated heterocycles. The smallest absolute Gasteiger partial charge is 0.166 e. The molecule has 0 amide bonds. The molecule has 3 heterocycles. The molecule has 2 aliphatic heterocycles. The monoisotopic (exact) mass is 432 g/mol. The third-order valence-electron chi connectivity index (χ3n) is 9.15. The van der Waals surface area contributed by atoms with Gasteiger partial charge in [-0.05, 0) is 61.4 Å². The van der Waals surface area contributed by atoms with Crippen molar-refractivity contribution >= 4 is 10.9 Å². The Bertz CT molecular complexity index is 1330. The number of ether oxygens (including phenoxy) is 1. The fourth-order valence-corrected chi connectivity index (χ4v) is 7.61. The highest BCUT2D eigenvalue weighted by molar-refractivity contribution is 5.86. The number of nitrogens with zero attached hydrogens (tertiary/aromatic N) is 1. The standard InChI is InChI=1S/C26H25FN2O3/c27-17-3-1-2-15-16-11-26(31)19-10-14-6-7-18(30)23-20(14)25(26,8-9-29(19)12-13-4-5-13)24(32-23)22(16)28-21(15)17/h1-3,6-7,13,19,24,28,30-31H,4-5,8-12H2/t19?,24-,25-,26+/m0/s1. The minimum Gasteiger partial charge on any atom is -0.504 e. The van der Waals surface area contributed by atoms with Crippen LogP contribution in [0.4, 0.5) is 4.39 Å². The number of halogens is 1. The van der Waals surface area contributed by atoms with E-state index in [0.29, 0.717) is 17.7 Å². The molecular formula is C26H25FN2O3. The second kappa shape index (κ2) is 5.49. The number of fused-ring (bicyclic) bond motifs is 4. The molecule has 6 heteroatoms. The summed E-state index contributed by atoms with van der Waals surface area (Å²) in [7, 11) is 0. The molecular weight excluding hydrogens is 407 g/mol. The van der Waals surface area contributed by atoms with E-state index >= 15 is 0 Å². The van der Waals surface area contributed by atoms with Crippen LogP contribution >= 0.6 is 0 Å². The normalized spacial score (nSPS) is 34.3. The number of aromatic nitrogens is 1. The molecule has 32 heavy (non-hydrogen) atoms. The third kappa shape index (κ3) is 1.86. The number of para-hydroxylation sites is 1. The number of aromatic hydroxyl groups is 1. The molecule has 1 unspecified atom stereocenters. The molecule has 8 rings (SSSR count). The van der Waals surface area contributed by atoms with E-state index in [-0.39, 0.29) is 17.6 Å². The van der Waals surface area contributed by atoms with Crippen molar-refractivity contribution in [3.63, 3.8) is 0 Å².